The van der Waals surface area contributed by atoms with Crippen LogP contribution >= 0.6 is 0 Å². The first-order chi connectivity index (χ1) is 5.70. The molecule has 12 heavy (non-hydrogen) atoms. The molecule has 1 aliphatic heterocycles. The Kier molecular flexibility index (Phi) is 3.42. The Balaban J connectivity index is 2.48. The summed E-state index contributed by atoms with van der Waals surface area (Å²) in [6, 6.07) is 0. The molecule has 72 valence electrons. The predicted octanol–water partition coefficient (Wildman–Crippen LogP) is -1.54. The topological polar surface area (TPSA) is 79.2 Å². The quantitative estimate of drug-likeness (QED) is 0.488. The van der Waals surface area contributed by atoms with Gasteiger partial charge in [-0.3, -0.25) is 0 Å². The smallest absolute Gasteiger partial charge is 0.186 e. The van der Waals surface area contributed by atoms with Gasteiger partial charge in [0.1, 0.15) is 18.3 Å². The fourth-order valence-corrected chi connectivity index (χ4v) is 1.17. The molecule has 1 saturated heterocycles. The molecule has 3 N–H and O–H groups in total. The summed E-state index contributed by atoms with van der Waals surface area (Å²) in [5.74, 6) is 0. The first-order valence-corrected chi connectivity index (χ1v) is 3.94. The van der Waals surface area contributed by atoms with Crippen molar-refractivity contribution in [1.29, 1.82) is 0 Å². The van der Waals surface area contributed by atoms with Crippen molar-refractivity contribution in [3.63, 3.8) is 0 Å². The monoisotopic (exact) mass is 178 g/mol. The van der Waals surface area contributed by atoms with E-state index in [-0.39, 0.29) is 6.61 Å². The minimum Gasteiger partial charge on any atom is -0.394 e. The fourth-order valence-electron chi connectivity index (χ4n) is 1.17. The molecule has 0 aliphatic carbocycles. The van der Waals surface area contributed by atoms with Crippen molar-refractivity contribution in [3.05, 3.63) is 0 Å². The van der Waals surface area contributed by atoms with Crippen LogP contribution in [0.1, 0.15) is 6.92 Å². The maximum absolute atomic E-state index is 9.28. The van der Waals surface area contributed by atoms with E-state index in [9.17, 15) is 10.2 Å². The highest BCUT2D eigenvalue weighted by Crippen LogP contribution is 2.21. The first kappa shape index (κ1) is 9.88. The zero-order chi connectivity index (χ0) is 9.14. The number of rotatable bonds is 3. The van der Waals surface area contributed by atoms with Gasteiger partial charge in [0, 0.05) is 6.61 Å². The summed E-state index contributed by atoms with van der Waals surface area (Å²) in [4.78, 5) is 0. The van der Waals surface area contributed by atoms with Crippen LogP contribution in [0, 0.1) is 0 Å². The Hall–Kier alpha value is -0.200. The van der Waals surface area contributed by atoms with E-state index in [4.69, 9.17) is 14.6 Å². The van der Waals surface area contributed by atoms with Gasteiger partial charge in [-0.2, -0.15) is 0 Å². The molecule has 5 heteroatoms. The lowest BCUT2D eigenvalue weighted by atomic mass is 10.1. The van der Waals surface area contributed by atoms with E-state index in [1.54, 1.807) is 6.92 Å². The van der Waals surface area contributed by atoms with E-state index >= 15 is 0 Å². The highest BCUT2D eigenvalue weighted by atomic mass is 16.7. The lowest BCUT2D eigenvalue weighted by Gasteiger charge is -2.13. The summed E-state index contributed by atoms with van der Waals surface area (Å²) in [7, 11) is 0. The summed E-state index contributed by atoms with van der Waals surface area (Å²) in [6.07, 6.45) is -3.69. The van der Waals surface area contributed by atoms with Gasteiger partial charge in [-0.05, 0) is 6.92 Å². The molecule has 1 heterocycles. The Labute approximate surface area is 70.5 Å². The van der Waals surface area contributed by atoms with Gasteiger partial charge in [-0.25, -0.2) is 0 Å². The number of ether oxygens (including phenoxy) is 2. The Morgan fingerprint density at radius 1 is 1.33 bits per heavy atom. The predicted molar refractivity (Wildman–Crippen MR) is 39.4 cm³/mol. The largest absolute Gasteiger partial charge is 0.394 e. The lowest BCUT2D eigenvalue weighted by molar-refractivity contribution is -0.166. The SMILES string of the molecule is CCO[C@H]1O[C@H](CO)[C@@H](O)[C@H]1O. The second kappa shape index (κ2) is 4.15. The van der Waals surface area contributed by atoms with E-state index in [0.29, 0.717) is 6.61 Å². The van der Waals surface area contributed by atoms with E-state index in [1.807, 2.05) is 0 Å². The second-order valence-corrected chi connectivity index (χ2v) is 2.66. The van der Waals surface area contributed by atoms with Crippen LogP contribution in [0.3, 0.4) is 0 Å². The lowest BCUT2D eigenvalue weighted by Crippen LogP contribution is -2.34. The van der Waals surface area contributed by atoms with Crippen molar-refractivity contribution in [3.8, 4) is 0 Å². The van der Waals surface area contributed by atoms with Gasteiger partial charge in [0.25, 0.3) is 0 Å². The number of hydrogen-bond donors (Lipinski definition) is 3. The molecule has 0 aromatic rings. The third-order valence-electron chi connectivity index (χ3n) is 1.83. The molecule has 0 bridgehead atoms. The van der Waals surface area contributed by atoms with Crippen molar-refractivity contribution in [2.45, 2.75) is 31.5 Å². The molecule has 4 atom stereocenters. The van der Waals surface area contributed by atoms with Crippen LogP contribution in [-0.4, -0.2) is 53.1 Å². The highest BCUT2D eigenvalue weighted by Gasteiger charge is 2.42. The van der Waals surface area contributed by atoms with Crippen molar-refractivity contribution >= 4 is 0 Å². The minimum absolute atomic E-state index is 0.318. The maximum atomic E-state index is 9.28. The van der Waals surface area contributed by atoms with Crippen LogP contribution in [0.5, 0.6) is 0 Å². The normalized spacial score (nSPS) is 42.0. The van der Waals surface area contributed by atoms with Crippen LogP contribution in [0.4, 0.5) is 0 Å². The summed E-state index contributed by atoms with van der Waals surface area (Å²) in [5, 5.41) is 27.2. The fraction of sp³-hybridized carbons (Fsp3) is 1.00. The van der Waals surface area contributed by atoms with Crippen molar-refractivity contribution in [1.82, 2.24) is 0 Å². The zero-order valence-corrected chi connectivity index (χ0v) is 6.88. The van der Waals surface area contributed by atoms with Crippen LogP contribution in [-0.2, 0) is 9.47 Å². The number of aliphatic hydroxyl groups is 3. The molecule has 0 radical (unpaired) electrons. The van der Waals surface area contributed by atoms with E-state index in [2.05, 4.69) is 0 Å². The van der Waals surface area contributed by atoms with Gasteiger partial charge in [-0.1, -0.05) is 0 Å². The van der Waals surface area contributed by atoms with Gasteiger partial charge < -0.3 is 24.8 Å². The van der Waals surface area contributed by atoms with Crippen molar-refractivity contribution in [2.75, 3.05) is 13.2 Å². The summed E-state index contributed by atoms with van der Waals surface area (Å²) in [5.41, 5.74) is 0. The van der Waals surface area contributed by atoms with Crippen LogP contribution in [0.2, 0.25) is 0 Å². The molecule has 0 spiro atoms. The summed E-state index contributed by atoms with van der Waals surface area (Å²) < 4.78 is 9.98. The molecule has 0 unspecified atom stereocenters. The molecule has 0 amide bonds. The third kappa shape index (κ3) is 1.75. The standard InChI is InChI=1S/C7H14O5/c1-2-11-7-6(10)5(9)4(3-8)12-7/h4-10H,2-3H2,1H3/t4-,5-,6-,7+/m1/s1. The second-order valence-electron chi connectivity index (χ2n) is 2.66. The van der Waals surface area contributed by atoms with Crippen LogP contribution < -0.4 is 0 Å². The molecule has 1 fully saturated rings. The Bertz CT molecular complexity index is 140. The van der Waals surface area contributed by atoms with Gasteiger partial charge in [-0.15, -0.1) is 0 Å². The van der Waals surface area contributed by atoms with Gasteiger partial charge >= 0.3 is 0 Å². The molecular weight excluding hydrogens is 164 g/mol. The Morgan fingerprint density at radius 2 is 2.00 bits per heavy atom. The molecule has 0 aromatic heterocycles. The van der Waals surface area contributed by atoms with Gasteiger partial charge in [0.15, 0.2) is 6.29 Å². The molecule has 0 aromatic carbocycles. The number of aliphatic hydroxyl groups excluding tert-OH is 3. The molecular formula is C7H14O5. The van der Waals surface area contributed by atoms with E-state index in [0.717, 1.165) is 0 Å². The summed E-state index contributed by atoms with van der Waals surface area (Å²) >= 11 is 0. The first-order valence-electron chi connectivity index (χ1n) is 3.94. The zero-order valence-electron chi connectivity index (χ0n) is 6.88. The van der Waals surface area contributed by atoms with Gasteiger partial charge in [0.2, 0.25) is 0 Å². The Morgan fingerprint density at radius 3 is 2.42 bits per heavy atom. The summed E-state index contributed by atoms with van der Waals surface area (Å²) in [6.45, 7) is 1.84. The highest BCUT2D eigenvalue weighted by molar-refractivity contribution is 4.85. The molecule has 1 rings (SSSR count). The van der Waals surface area contributed by atoms with Crippen molar-refractivity contribution < 1.29 is 24.8 Å². The van der Waals surface area contributed by atoms with Crippen molar-refractivity contribution in [2.24, 2.45) is 0 Å². The average molecular weight is 178 g/mol. The maximum Gasteiger partial charge on any atom is 0.186 e. The minimum atomic E-state index is -1.07. The van der Waals surface area contributed by atoms with E-state index < -0.39 is 24.6 Å². The molecule has 5 nitrogen and oxygen atoms in total. The average Bonchev–Trinajstić information content (AvgIpc) is 2.33. The molecule has 1 aliphatic rings. The van der Waals surface area contributed by atoms with Crippen LogP contribution in [0.15, 0.2) is 0 Å². The third-order valence-corrected chi connectivity index (χ3v) is 1.83. The molecule has 0 saturated carbocycles. The van der Waals surface area contributed by atoms with Gasteiger partial charge in [0.05, 0.1) is 6.61 Å². The van der Waals surface area contributed by atoms with E-state index in [1.165, 1.54) is 0 Å². The van der Waals surface area contributed by atoms with Crippen LogP contribution in [0.25, 0.3) is 0 Å². The number of hydrogen-bond acceptors (Lipinski definition) is 5.